The summed E-state index contributed by atoms with van der Waals surface area (Å²) < 4.78 is 20.2. The van der Waals surface area contributed by atoms with E-state index in [0.29, 0.717) is 13.2 Å². The molecule has 1 fully saturated rings. The van der Waals surface area contributed by atoms with Gasteiger partial charge in [-0.15, -0.1) is 5.10 Å². The van der Waals surface area contributed by atoms with Crippen LogP contribution in [0.2, 0.25) is 0 Å². The number of likely N-dealkylation sites (tertiary alicyclic amines) is 1. The molecule has 0 amide bonds. The molecular weight excluding hydrogens is 313 g/mol. The van der Waals surface area contributed by atoms with E-state index in [2.05, 4.69) is 15.5 Å². The van der Waals surface area contributed by atoms with Crippen molar-refractivity contribution in [1.82, 2.24) is 20.2 Å². The van der Waals surface area contributed by atoms with Crippen LogP contribution in [0.5, 0.6) is 0 Å². The highest BCUT2D eigenvalue weighted by atomic mass is 19.1. The molecule has 2 N–H and O–H groups in total. The van der Waals surface area contributed by atoms with Crippen LogP contribution in [0.4, 0.5) is 4.39 Å². The number of piperidine rings is 1. The first kappa shape index (κ1) is 16.9. The van der Waals surface area contributed by atoms with E-state index in [0.717, 1.165) is 37.3 Å². The SMILES string of the molecule is COCCn1nnnc1[C@@H](c1ccc(F)cc1)[NH+]1CCC(O)CC1. The smallest absolute Gasteiger partial charge is 0.214 e. The van der Waals surface area contributed by atoms with Crippen LogP contribution in [0.3, 0.4) is 0 Å². The Bertz CT molecular complexity index is 640. The van der Waals surface area contributed by atoms with Crippen LogP contribution in [0.25, 0.3) is 0 Å². The first-order valence-electron chi connectivity index (χ1n) is 8.22. The second kappa shape index (κ2) is 7.78. The minimum absolute atomic E-state index is 0.0926. The van der Waals surface area contributed by atoms with Crippen molar-refractivity contribution in [1.29, 1.82) is 0 Å². The molecule has 1 atom stereocenters. The topological polar surface area (TPSA) is 77.5 Å². The molecule has 0 unspecified atom stereocenters. The fourth-order valence-electron chi connectivity index (χ4n) is 3.24. The number of nitrogens with one attached hydrogen (secondary N) is 1. The maximum atomic E-state index is 13.3. The van der Waals surface area contributed by atoms with E-state index in [4.69, 9.17) is 4.74 Å². The third-order valence-corrected chi connectivity index (χ3v) is 4.53. The van der Waals surface area contributed by atoms with Crippen molar-refractivity contribution < 1.29 is 19.1 Å². The molecule has 2 aromatic rings. The number of halogens is 1. The summed E-state index contributed by atoms with van der Waals surface area (Å²) in [5.74, 6) is 0.477. The van der Waals surface area contributed by atoms with Crippen LogP contribution >= 0.6 is 0 Å². The van der Waals surface area contributed by atoms with E-state index in [9.17, 15) is 9.50 Å². The molecule has 0 bridgehead atoms. The fourth-order valence-corrected chi connectivity index (χ4v) is 3.24. The summed E-state index contributed by atoms with van der Waals surface area (Å²) in [7, 11) is 1.64. The molecule has 1 saturated heterocycles. The van der Waals surface area contributed by atoms with E-state index < -0.39 is 0 Å². The minimum atomic E-state index is -0.263. The number of quaternary nitrogens is 1. The first-order chi connectivity index (χ1) is 11.7. The van der Waals surface area contributed by atoms with Gasteiger partial charge in [-0.05, 0) is 34.7 Å². The molecule has 3 rings (SSSR count). The van der Waals surface area contributed by atoms with Gasteiger partial charge in [0.2, 0.25) is 5.82 Å². The van der Waals surface area contributed by atoms with Gasteiger partial charge < -0.3 is 14.7 Å². The molecule has 0 aliphatic carbocycles. The molecule has 8 heteroatoms. The van der Waals surface area contributed by atoms with E-state index in [1.807, 2.05) is 0 Å². The number of hydrogen-bond donors (Lipinski definition) is 2. The van der Waals surface area contributed by atoms with Gasteiger partial charge in [0.1, 0.15) is 5.82 Å². The summed E-state index contributed by atoms with van der Waals surface area (Å²) in [6.45, 7) is 2.72. The number of aliphatic hydroxyl groups is 1. The van der Waals surface area contributed by atoms with Crippen molar-refractivity contribution in [3.05, 3.63) is 41.5 Å². The average Bonchev–Trinajstić information content (AvgIpc) is 3.05. The summed E-state index contributed by atoms with van der Waals surface area (Å²) in [6, 6.07) is 6.40. The molecule has 7 nitrogen and oxygen atoms in total. The number of nitrogens with zero attached hydrogens (tertiary/aromatic N) is 4. The largest absolute Gasteiger partial charge is 0.393 e. The highest BCUT2D eigenvalue weighted by molar-refractivity contribution is 5.23. The van der Waals surface area contributed by atoms with Crippen LogP contribution in [-0.2, 0) is 11.3 Å². The van der Waals surface area contributed by atoms with Gasteiger partial charge in [-0.1, -0.05) is 0 Å². The Morgan fingerprint density at radius 3 is 2.71 bits per heavy atom. The Balaban J connectivity index is 1.92. The predicted octanol–water partition coefficient (Wildman–Crippen LogP) is -0.412. The van der Waals surface area contributed by atoms with Crippen LogP contribution < -0.4 is 4.90 Å². The summed E-state index contributed by atoms with van der Waals surface area (Å²) in [5, 5.41) is 21.9. The summed E-state index contributed by atoms with van der Waals surface area (Å²) in [5.41, 5.74) is 0.969. The normalized spacial score (nSPS) is 22.5. The van der Waals surface area contributed by atoms with Gasteiger partial charge in [0.05, 0.1) is 32.3 Å². The van der Waals surface area contributed by atoms with E-state index in [1.165, 1.54) is 17.0 Å². The van der Waals surface area contributed by atoms with Crippen molar-refractivity contribution >= 4 is 0 Å². The quantitative estimate of drug-likeness (QED) is 0.750. The van der Waals surface area contributed by atoms with E-state index in [-0.39, 0.29) is 18.0 Å². The number of hydrogen-bond acceptors (Lipinski definition) is 5. The molecule has 1 aromatic heterocycles. The minimum Gasteiger partial charge on any atom is -0.393 e. The third kappa shape index (κ3) is 3.77. The van der Waals surface area contributed by atoms with Gasteiger partial charge in [-0.3, -0.25) is 0 Å². The molecule has 1 aliphatic rings. The number of rotatable bonds is 6. The van der Waals surface area contributed by atoms with Crippen molar-refractivity contribution in [2.75, 3.05) is 26.8 Å². The zero-order valence-electron chi connectivity index (χ0n) is 13.7. The van der Waals surface area contributed by atoms with Gasteiger partial charge >= 0.3 is 0 Å². The molecule has 1 aliphatic heterocycles. The number of aromatic nitrogens is 4. The molecule has 0 saturated carbocycles. The first-order valence-corrected chi connectivity index (χ1v) is 8.22. The lowest BCUT2D eigenvalue weighted by atomic mass is 10.00. The number of tetrazole rings is 1. The number of ether oxygens (including phenoxy) is 1. The van der Waals surface area contributed by atoms with Crippen molar-refractivity contribution in [2.45, 2.75) is 31.5 Å². The van der Waals surface area contributed by atoms with Gasteiger partial charge in [0.25, 0.3) is 0 Å². The molecule has 2 heterocycles. The molecule has 130 valence electrons. The Labute approximate surface area is 140 Å². The Morgan fingerprint density at radius 1 is 1.33 bits per heavy atom. The second-order valence-electron chi connectivity index (χ2n) is 6.13. The van der Waals surface area contributed by atoms with Gasteiger partial charge in [0.15, 0.2) is 6.04 Å². The van der Waals surface area contributed by atoms with Crippen LogP contribution in [0.15, 0.2) is 24.3 Å². The highest BCUT2D eigenvalue weighted by Crippen LogP contribution is 2.19. The summed E-state index contributed by atoms with van der Waals surface area (Å²) in [6.07, 6.45) is 1.24. The number of benzene rings is 1. The second-order valence-corrected chi connectivity index (χ2v) is 6.13. The van der Waals surface area contributed by atoms with Crippen LogP contribution in [-0.4, -0.2) is 58.2 Å². The molecule has 0 radical (unpaired) electrons. The summed E-state index contributed by atoms with van der Waals surface area (Å²) >= 11 is 0. The Hall–Kier alpha value is -1.90. The monoisotopic (exact) mass is 336 g/mol. The number of methoxy groups -OCH3 is 1. The lowest BCUT2D eigenvalue weighted by Gasteiger charge is -2.32. The van der Waals surface area contributed by atoms with Crippen LogP contribution in [0, 0.1) is 5.82 Å². The lowest BCUT2D eigenvalue weighted by molar-refractivity contribution is -0.932. The molecular formula is C16H23FN5O2+. The standard InChI is InChI=1S/C16H22FN5O2/c1-24-11-10-22-16(18-19-20-22)15(12-2-4-13(17)5-3-12)21-8-6-14(23)7-9-21/h2-5,14-15,23H,6-11H2,1H3/p+1/t15-/m1/s1. The van der Waals surface area contributed by atoms with Crippen molar-refractivity contribution in [3.63, 3.8) is 0 Å². The predicted molar refractivity (Wildman–Crippen MR) is 83.9 cm³/mol. The average molecular weight is 336 g/mol. The fraction of sp³-hybridized carbons (Fsp3) is 0.562. The van der Waals surface area contributed by atoms with E-state index >= 15 is 0 Å². The number of aliphatic hydroxyl groups excluding tert-OH is 1. The van der Waals surface area contributed by atoms with Gasteiger partial charge in [0, 0.05) is 25.5 Å². The Morgan fingerprint density at radius 2 is 2.04 bits per heavy atom. The molecule has 0 spiro atoms. The zero-order chi connectivity index (χ0) is 16.9. The maximum Gasteiger partial charge on any atom is 0.214 e. The lowest BCUT2D eigenvalue weighted by Crippen LogP contribution is -3.13. The maximum absolute atomic E-state index is 13.3. The van der Waals surface area contributed by atoms with E-state index in [1.54, 1.807) is 23.9 Å². The van der Waals surface area contributed by atoms with Crippen LogP contribution in [0.1, 0.15) is 30.3 Å². The van der Waals surface area contributed by atoms with Gasteiger partial charge in [-0.25, -0.2) is 9.07 Å². The van der Waals surface area contributed by atoms with Gasteiger partial charge in [-0.2, -0.15) is 0 Å². The third-order valence-electron chi connectivity index (χ3n) is 4.53. The van der Waals surface area contributed by atoms with Crippen molar-refractivity contribution in [2.24, 2.45) is 0 Å². The molecule has 24 heavy (non-hydrogen) atoms. The highest BCUT2D eigenvalue weighted by Gasteiger charge is 2.34. The summed E-state index contributed by atoms with van der Waals surface area (Å²) in [4.78, 5) is 1.28. The zero-order valence-corrected chi connectivity index (χ0v) is 13.7. The van der Waals surface area contributed by atoms with Crippen molar-refractivity contribution in [3.8, 4) is 0 Å². The molecule has 1 aromatic carbocycles. The Kier molecular flexibility index (Phi) is 5.49.